The Labute approximate surface area is 170 Å². The zero-order valence-electron chi connectivity index (χ0n) is 16.6. The largest absolute Gasteiger partial charge is 0.497 e. The van der Waals surface area contributed by atoms with Crippen LogP contribution in [0.1, 0.15) is 22.3 Å². The van der Waals surface area contributed by atoms with Crippen LogP contribution >= 0.6 is 12.2 Å². The fourth-order valence-corrected chi connectivity index (χ4v) is 3.33. The first-order chi connectivity index (χ1) is 13.4. The molecular weight excluding hydrogens is 370 g/mol. The number of H-pyrrole nitrogens is 1. The number of rotatable bonds is 5. The average molecular weight is 396 g/mol. The molecule has 3 rings (SSSR count). The van der Waals surface area contributed by atoms with Crippen LogP contribution in [-0.2, 0) is 13.1 Å². The van der Waals surface area contributed by atoms with Gasteiger partial charge in [0.05, 0.1) is 19.2 Å². The summed E-state index contributed by atoms with van der Waals surface area (Å²) in [5.41, 5.74) is 4.84. The molecule has 2 N–H and O–H groups in total. The van der Waals surface area contributed by atoms with E-state index in [2.05, 4.69) is 16.4 Å². The van der Waals surface area contributed by atoms with Crippen molar-refractivity contribution < 1.29 is 4.74 Å². The maximum atomic E-state index is 12.7. The lowest BCUT2D eigenvalue weighted by molar-refractivity contribution is 0.398. The Morgan fingerprint density at radius 2 is 1.86 bits per heavy atom. The van der Waals surface area contributed by atoms with E-state index in [9.17, 15) is 4.79 Å². The minimum absolute atomic E-state index is 0.0835. The molecule has 0 radical (unpaired) electrons. The first-order valence-electron chi connectivity index (χ1n) is 9.14. The number of thiocarbonyl (C=S) groups is 1. The van der Waals surface area contributed by atoms with E-state index in [1.54, 1.807) is 14.2 Å². The Morgan fingerprint density at radius 1 is 1.14 bits per heavy atom. The number of nitrogens with one attached hydrogen (secondary N) is 2. The lowest BCUT2D eigenvalue weighted by atomic mass is 10.0. The molecule has 0 atom stereocenters. The number of aryl methyl sites for hydroxylation is 2. The number of nitrogens with zero attached hydrogens (tertiary/aromatic N) is 1. The molecule has 0 fully saturated rings. The van der Waals surface area contributed by atoms with Crippen molar-refractivity contribution in [2.75, 3.05) is 14.2 Å². The number of aromatic amines is 1. The number of hydrogen-bond donors (Lipinski definition) is 2. The van der Waals surface area contributed by atoms with Gasteiger partial charge in [0.1, 0.15) is 5.75 Å². The molecule has 0 saturated heterocycles. The van der Waals surface area contributed by atoms with Gasteiger partial charge in [-0.05, 0) is 66.3 Å². The Bertz CT molecular complexity index is 1060. The number of benzene rings is 2. The van der Waals surface area contributed by atoms with Gasteiger partial charge < -0.3 is 19.9 Å². The van der Waals surface area contributed by atoms with Gasteiger partial charge in [0.25, 0.3) is 5.56 Å². The third kappa shape index (κ3) is 4.17. The molecule has 0 aliphatic carbocycles. The molecule has 28 heavy (non-hydrogen) atoms. The quantitative estimate of drug-likeness (QED) is 0.646. The summed E-state index contributed by atoms with van der Waals surface area (Å²) in [7, 11) is 3.44. The highest BCUT2D eigenvalue weighted by Gasteiger charge is 2.14. The third-order valence-corrected chi connectivity index (χ3v) is 5.49. The molecule has 0 aliphatic heterocycles. The van der Waals surface area contributed by atoms with Gasteiger partial charge >= 0.3 is 0 Å². The summed E-state index contributed by atoms with van der Waals surface area (Å²) in [6.45, 7) is 5.08. The molecule has 1 aromatic heterocycles. The monoisotopic (exact) mass is 395 g/mol. The zero-order valence-corrected chi connectivity index (χ0v) is 17.4. The first-order valence-corrected chi connectivity index (χ1v) is 9.55. The first kappa shape index (κ1) is 19.9. The summed E-state index contributed by atoms with van der Waals surface area (Å²) in [4.78, 5) is 17.7. The number of fused-ring (bicyclic) bond motifs is 1. The van der Waals surface area contributed by atoms with Gasteiger partial charge in [-0.1, -0.05) is 24.3 Å². The molecule has 0 aliphatic rings. The fraction of sp³-hybridized carbons (Fsp3) is 0.273. The van der Waals surface area contributed by atoms with Crippen LogP contribution in [0, 0.1) is 13.8 Å². The molecule has 6 heteroatoms. The van der Waals surface area contributed by atoms with Crippen LogP contribution in [0.2, 0.25) is 0 Å². The van der Waals surface area contributed by atoms with Crippen molar-refractivity contribution in [2.45, 2.75) is 26.9 Å². The molecule has 0 bridgehead atoms. The number of hydrogen-bond acceptors (Lipinski definition) is 3. The second-order valence-electron chi connectivity index (χ2n) is 6.85. The molecule has 0 spiro atoms. The maximum absolute atomic E-state index is 12.7. The highest BCUT2D eigenvalue weighted by molar-refractivity contribution is 7.80. The van der Waals surface area contributed by atoms with Crippen molar-refractivity contribution in [3.8, 4) is 5.75 Å². The van der Waals surface area contributed by atoms with Crippen molar-refractivity contribution in [1.29, 1.82) is 0 Å². The summed E-state index contributed by atoms with van der Waals surface area (Å²) >= 11 is 5.48. The van der Waals surface area contributed by atoms with Crippen LogP contribution in [-0.4, -0.2) is 29.2 Å². The van der Waals surface area contributed by atoms with Crippen LogP contribution in [0.4, 0.5) is 0 Å². The molecule has 3 aromatic rings. The SMILES string of the molecule is CNC(=S)N(Cc1ccc(OC)cc1)Cc1cc2ccc(C)c(C)c2[nH]c1=O. The second kappa shape index (κ2) is 8.44. The smallest absolute Gasteiger partial charge is 0.253 e. The number of aromatic nitrogens is 1. The van der Waals surface area contributed by atoms with E-state index in [4.69, 9.17) is 17.0 Å². The molecule has 146 valence electrons. The number of ether oxygens (including phenoxy) is 1. The van der Waals surface area contributed by atoms with Crippen molar-refractivity contribution in [2.24, 2.45) is 0 Å². The Morgan fingerprint density at radius 3 is 2.50 bits per heavy atom. The lowest BCUT2D eigenvalue weighted by Crippen LogP contribution is -2.38. The van der Waals surface area contributed by atoms with E-state index in [1.807, 2.05) is 55.1 Å². The van der Waals surface area contributed by atoms with Crippen molar-refractivity contribution in [3.63, 3.8) is 0 Å². The van der Waals surface area contributed by atoms with Crippen molar-refractivity contribution in [3.05, 3.63) is 75.1 Å². The minimum Gasteiger partial charge on any atom is -0.497 e. The Kier molecular flexibility index (Phi) is 5.99. The van der Waals surface area contributed by atoms with Crippen molar-refractivity contribution >= 4 is 28.2 Å². The predicted octanol–water partition coefficient (Wildman–Crippen LogP) is 3.66. The number of pyridine rings is 1. The molecule has 5 nitrogen and oxygen atoms in total. The number of methoxy groups -OCH3 is 1. The summed E-state index contributed by atoms with van der Waals surface area (Å²) in [5, 5.41) is 4.64. The predicted molar refractivity (Wildman–Crippen MR) is 118 cm³/mol. The van der Waals surface area contributed by atoms with E-state index in [0.717, 1.165) is 33.3 Å². The Balaban J connectivity index is 1.92. The standard InChI is InChI=1S/C22H25N3O2S/c1-14-5-8-17-11-18(21(26)24-20(17)15(14)2)13-25(22(28)23-3)12-16-6-9-19(27-4)10-7-16/h5-11H,12-13H2,1-4H3,(H,23,28)(H,24,26). The van der Waals surface area contributed by atoms with E-state index >= 15 is 0 Å². The van der Waals surface area contributed by atoms with Gasteiger partial charge in [0.2, 0.25) is 0 Å². The molecular formula is C22H25N3O2S. The molecule has 0 unspecified atom stereocenters. The van der Waals surface area contributed by atoms with Gasteiger partial charge in [-0.3, -0.25) is 4.79 Å². The third-order valence-electron chi connectivity index (χ3n) is 5.02. The van der Waals surface area contributed by atoms with E-state index in [1.165, 1.54) is 0 Å². The molecule has 2 aromatic carbocycles. The maximum Gasteiger partial charge on any atom is 0.253 e. The normalized spacial score (nSPS) is 10.7. The van der Waals surface area contributed by atoms with Gasteiger partial charge in [-0.25, -0.2) is 0 Å². The van der Waals surface area contributed by atoms with Gasteiger partial charge in [0, 0.05) is 19.2 Å². The fourth-order valence-electron chi connectivity index (χ4n) is 3.20. The summed E-state index contributed by atoms with van der Waals surface area (Å²) in [6, 6.07) is 13.9. The second-order valence-corrected chi connectivity index (χ2v) is 7.24. The minimum atomic E-state index is -0.0835. The van der Waals surface area contributed by atoms with Crippen molar-refractivity contribution in [1.82, 2.24) is 15.2 Å². The average Bonchev–Trinajstić information content (AvgIpc) is 2.71. The highest BCUT2D eigenvalue weighted by Crippen LogP contribution is 2.20. The van der Waals surface area contributed by atoms with E-state index in [0.29, 0.717) is 23.8 Å². The molecule has 0 saturated carbocycles. The summed E-state index contributed by atoms with van der Waals surface area (Å²) < 4.78 is 5.22. The van der Waals surface area contributed by atoms with Crippen LogP contribution in [0.3, 0.4) is 0 Å². The van der Waals surface area contributed by atoms with Gasteiger partial charge in [-0.15, -0.1) is 0 Å². The molecule has 0 amide bonds. The highest BCUT2D eigenvalue weighted by atomic mass is 32.1. The Hall–Kier alpha value is -2.86. The van der Waals surface area contributed by atoms with Crippen LogP contribution < -0.4 is 15.6 Å². The topological polar surface area (TPSA) is 57.4 Å². The van der Waals surface area contributed by atoms with Gasteiger partial charge in [-0.2, -0.15) is 0 Å². The summed E-state index contributed by atoms with van der Waals surface area (Å²) in [6.07, 6.45) is 0. The van der Waals surface area contributed by atoms with Crippen LogP contribution in [0.5, 0.6) is 5.75 Å². The zero-order chi connectivity index (χ0) is 20.3. The van der Waals surface area contributed by atoms with Gasteiger partial charge in [0.15, 0.2) is 5.11 Å². The van der Waals surface area contributed by atoms with Crippen LogP contribution in [0.15, 0.2) is 47.3 Å². The van der Waals surface area contributed by atoms with Crippen LogP contribution in [0.25, 0.3) is 10.9 Å². The van der Waals surface area contributed by atoms with E-state index in [-0.39, 0.29) is 5.56 Å². The van der Waals surface area contributed by atoms with E-state index < -0.39 is 0 Å². The molecule has 1 heterocycles. The lowest BCUT2D eigenvalue weighted by Gasteiger charge is -2.25. The summed E-state index contributed by atoms with van der Waals surface area (Å²) in [5.74, 6) is 0.808.